The first-order chi connectivity index (χ1) is 14.3. The van der Waals surface area contributed by atoms with Crippen LogP contribution in [0.1, 0.15) is 19.0 Å². The Morgan fingerprint density at radius 2 is 1.83 bits per heavy atom. The number of carbonyl (C=O) groups excluding carboxylic acids is 1. The van der Waals surface area contributed by atoms with E-state index in [0.29, 0.717) is 17.1 Å². The molecule has 0 spiro atoms. The number of aromatic nitrogens is 2. The third-order valence-corrected chi connectivity index (χ3v) is 4.19. The molecule has 0 aliphatic carbocycles. The van der Waals surface area contributed by atoms with E-state index in [2.05, 4.69) is 15.2 Å². The maximum absolute atomic E-state index is 12.5. The lowest BCUT2D eigenvalue weighted by Gasteiger charge is -2.14. The van der Waals surface area contributed by atoms with Gasteiger partial charge in [-0.2, -0.15) is 5.10 Å². The lowest BCUT2D eigenvalue weighted by molar-refractivity contribution is -0.274. The average molecular weight is 440 g/mol. The second-order valence-electron chi connectivity index (χ2n) is 6.15. The molecule has 0 radical (unpaired) electrons. The minimum atomic E-state index is -4.89. The standard InChI is InChI=1S/C20H17ClF3N3O3/c1-2-5-16-18(12-25-27(16)14-10-8-13(21)9-11-14)29-19(28)26-15-6-3-4-7-17(15)30-20(22,23)24/h3-4,6-12H,2,5H2,1H3,(H,26,28). The van der Waals surface area contributed by atoms with E-state index in [1.165, 1.54) is 24.4 Å². The zero-order valence-corrected chi connectivity index (χ0v) is 16.5. The molecule has 10 heteroatoms. The van der Waals surface area contributed by atoms with Gasteiger partial charge in [-0.05, 0) is 42.8 Å². The van der Waals surface area contributed by atoms with Crippen molar-refractivity contribution in [2.45, 2.75) is 26.1 Å². The number of alkyl halides is 3. The molecular weight excluding hydrogens is 423 g/mol. The molecular formula is C20H17ClF3N3O3. The van der Waals surface area contributed by atoms with Crippen molar-refractivity contribution in [3.63, 3.8) is 0 Å². The van der Waals surface area contributed by atoms with Gasteiger partial charge in [0.1, 0.15) is 0 Å². The number of hydrogen-bond acceptors (Lipinski definition) is 4. The van der Waals surface area contributed by atoms with E-state index in [1.807, 2.05) is 6.92 Å². The van der Waals surface area contributed by atoms with E-state index in [9.17, 15) is 18.0 Å². The second-order valence-corrected chi connectivity index (χ2v) is 6.59. The largest absolute Gasteiger partial charge is 0.573 e. The van der Waals surface area contributed by atoms with E-state index >= 15 is 0 Å². The fourth-order valence-electron chi connectivity index (χ4n) is 2.73. The molecule has 2 aromatic carbocycles. The highest BCUT2D eigenvalue weighted by Crippen LogP contribution is 2.30. The molecule has 1 aromatic heterocycles. The van der Waals surface area contributed by atoms with Crippen LogP contribution >= 0.6 is 11.6 Å². The molecule has 3 aromatic rings. The van der Waals surface area contributed by atoms with E-state index in [-0.39, 0.29) is 11.4 Å². The highest BCUT2D eigenvalue weighted by molar-refractivity contribution is 6.30. The zero-order chi connectivity index (χ0) is 21.7. The number of carbonyl (C=O) groups is 1. The molecule has 0 bridgehead atoms. The fourth-order valence-corrected chi connectivity index (χ4v) is 2.86. The van der Waals surface area contributed by atoms with Crippen LogP contribution in [0.4, 0.5) is 23.7 Å². The van der Waals surface area contributed by atoms with Gasteiger partial charge in [-0.3, -0.25) is 5.32 Å². The van der Waals surface area contributed by atoms with Gasteiger partial charge in [0, 0.05) is 5.02 Å². The Labute approximate surface area is 175 Å². The SMILES string of the molecule is CCCc1c(OC(=O)Nc2ccccc2OC(F)(F)F)cnn1-c1ccc(Cl)cc1. The number of halogens is 4. The van der Waals surface area contributed by atoms with Gasteiger partial charge in [0.15, 0.2) is 11.5 Å². The van der Waals surface area contributed by atoms with Crippen molar-refractivity contribution < 1.29 is 27.4 Å². The van der Waals surface area contributed by atoms with E-state index in [4.69, 9.17) is 16.3 Å². The Balaban J connectivity index is 1.80. The molecule has 1 heterocycles. The molecule has 1 N–H and O–H groups in total. The molecule has 158 valence electrons. The van der Waals surface area contributed by atoms with Crippen LogP contribution in [0.5, 0.6) is 11.5 Å². The van der Waals surface area contributed by atoms with Crippen molar-refractivity contribution in [3.05, 3.63) is 65.4 Å². The second kappa shape index (κ2) is 9.08. The number of anilines is 1. The Morgan fingerprint density at radius 1 is 1.13 bits per heavy atom. The summed E-state index contributed by atoms with van der Waals surface area (Å²) in [4.78, 5) is 12.3. The number of nitrogens with one attached hydrogen (secondary N) is 1. The maximum Gasteiger partial charge on any atom is 0.573 e. The molecule has 0 fully saturated rings. The molecule has 0 saturated heterocycles. The smallest absolute Gasteiger partial charge is 0.406 e. The van der Waals surface area contributed by atoms with Gasteiger partial charge in [-0.25, -0.2) is 9.48 Å². The van der Waals surface area contributed by atoms with Crippen LogP contribution in [0.25, 0.3) is 5.69 Å². The van der Waals surface area contributed by atoms with Crippen molar-refractivity contribution in [3.8, 4) is 17.2 Å². The summed E-state index contributed by atoms with van der Waals surface area (Å²) < 4.78 is 48.5. The van der Waals surface area contributed by atoms with Crippen molar-refractivity contribution in [2.24, 2.45) is 0 Å². The Kier molecular flexibility index (Phi) is 6.51. The lowest BCUT2D eigenvalue weighted by Crippen LogP contribution is -2.21. The predicted molar refractivity (Wildman–Crippen MR) is 105 cm³/mol. The Morgan fingerprint density at radius 3 is 2.50 bits per heavy atom. The highest BCUT2D eigenvalue weighted by Gasteiger charge is 2.32. The first-order valence-electron chi connectivity index (χ1n) is 8.93. The molecule has 0 aliphatic rings. The van der Waals surface area contributed by atoms with Crippen molar-refractivity contribution in [2.75, 3.05) is 5.32 Å². The van der Waals surface area contributed by atoms with E-state index in [1.54, 1.807) is 28.9 Å². The van der Waals surface area contributed by atoms with Gasteiger partial charge in [0.25, 0.3) is 0 Å². The third-order valence-electron chi connectivity index (χ3n) is 3.94. The molecule has 0 atom stereocenters. The van der Waals surface area contributed by atoms with Gasteiger partial charge < -0.3 is 9.47 Å². The van der Waals surface area contributed by atoms with Gasteiger partial charge in [0.05, 0.1) is 23.3 Å². The summed E-state index contributed by atoms with van der Waals surface area (Å²) in [5, 5.41) is 7.09. The third kappa shape index (κ3) is 5.44. The average Bonchev–Trinajstić information content (AvgIpc) is 3.05. The summed E-state index contributed by atoms with van der Waals surface area (Å²) in [6, 6.07) is 12.1. The number of amides is 1. The van der Waals surface area contributed by atoms with E-state index < -0.39 is 18.2 Å². The van der Waals surface area contributed by atoms with Crippen LogP contribution in [0.2, 0.25) is 5.02 Å². The maximum atomic E-state index is 12.5. The molecule has 30 heavy (non-hydrogen) atoms. The normalized spacial score (nSPS) is 11.2. The summed E-state index contributed by atoms with van der Waals surface area (Å²) in [5.74, 6) is -0.355. The van der Waals surface area contributed by atoms with Crippen LogP contribution in [0.3, 0.4) is 0 Å². The molecule has 0 saturated carbocycles. The van der Waals surface area contributed by atoms with Crippen molar-refractivity contribution in [1.29, 1.82) is 0 Å². The molecule has 6 nitrogen and oxygen atoms in total. The minimum absolute atomic E-state index is 0.179. The summed E-state index contributed by atoms with van der Waals surface area (Å²) in [5.41, 5.74) is 1.18. The molecule has 0 unspecified atom stereocenters. The van der Waals surface area contributed by atoms with Gasteiger partial charge in [-0.15, -0.1) is 13.2 Å². The minimum Gasteiger partial charge on any atom is -0.406 e. The first-order valence-corrected chi connectivity index (χ1v) is 9.31. The van der Waals surface area contributed by atoms with Crippen LogP contribution in [0.15, 0.2) is 54.7 Å². The number of hydrogen-bond donors (Lipinski definition) is 1. The monoisotopic (exact) mass is 439 g/mol. The zero-order valence-electron chi connectivity index (χ0n) is 15.7. The summed E-state index contributed by atoms with van der Waals surface area (Å²) >= 11 is 5.92. The topological polar surface area (TPSA) is 65.4 Å². The van der Waals surface area contributed by atoms with Gasteiger partial charge in [0.2, 0.25) is 0 Å². The molecule has 1 amide bonds. The Bertz CT molecular complexity index is 1020. The number of ether oxygens (including phenoxy) is 2. The van der Waals surface area contributed by atoms with Crippen molar-refractivity contribution in [1.82, 2.24) is 9.78 Å². The molecule has 3 rings (SSSR count). The van der Waals surface area contributed by atoms with Crippen LogP contribution < -0.4 is 14.8 Å². The van der Waals surface area contributed by atoms with Crippen LogP contribution in [0, 0.1) is 0 Å². The number of nitrogens with zero attached hydrogens (tertiary/aromatic N) is 2. The fraction of sp³-hybridized carbons (Fsp3) is 0.200. The highest BCUT2D eigenvalue weighted by atomic mass is 35.5. The van der Waals surface area contributed by atoms with Crippen LogP contribution in [-0.2, 0) is 6.42 Å². The number of benzene rings is 2. The van der Waals surface area contributed by atoms with Crippen LogP contribution in [-0.4, -0.2) is 22.2 Å². The predicted octanol–water partition coefficient (Wildman–Crippen LogP) is 5.99. The molecule has 0 aliphatic heterocycles. The number of rotatable bonds is 6. The van der Waals surface area contributed by atoms with Crippen molar-refractivity contribution >= 4 is 23.4 Å². The summed E-state index contributed by atoms with van der Waals surface area (Å²) in [7, 11) is 0. The lowest BCUT2D eigenvalue weighted by atomic mass is 10.2. The Hall–Kier alpha value is -3.20. The van der Waals surface area contributed by atoms with E-state index in [0.717, 1.165) is 18.2 Å². The van der Waals surface area contributed by atoms with Gasteiger partial charge >= 0.3 is 12.5 Å². The van der Waals surface area contributed by atoms with Gasteiger partial charge in [-0.1, -0.05) is 37.1 Å². The quantitative estimate of drug-likeness (QED) is 0.512. The summed E-state index contributed by atoms with van der Waals surface area (Å²) in [6.45, 7) is 1.95. The summed E-state index contributed by atoms with van der Waals surface area (Å²) in [6.07, 6.45) is -3.19. The first kappa shape index (κ1) is 21.5. The number of para-hydroxylation sites is 2.